The SMILES string of the molecule is COCCCn1c([C@@H]2CCCN(C(=O)C[C@H](N)Cc3ccc(C4=CC5=CNON5C=C4)cc3)C2)nc2ccccc21. The lowest BCUT2D eigenvalue weighted by Crippen LogP contribution is -2.42. The summed E-state index contributed by atoms with van der Waals surface area (Å²) >= 11 is 0. The fourth-order valence-corrected chi connectivity index (χ4v) is 6.00. The van der Waals surface area contributed by atoms with Crippen LogP contribution in [0.15, 0.2) is 78.8 Å². The number of allylic oxidation sites excluding steroid dienone is 3. The van der Waals surface area contributed by atoms with Crippen molar-refractivity contribution in [2.24, 2.45) is 5.73 Å². The van der Waals surface area contributed by atoms with Gasteiger partial charge in [0.15, 0.2) is 0 Å². The Morgan fingerprint density at radius 2 is 2.07 bits per heavy atom. The molecule has 3 N–H and O–H groups in total. The predicted octanol–water partition coefficient (Wildman–Crippen LogP) is 4.24. The number of piperidine rings is 1. The molecular formula is C32H38N6O3. The van der Waals surface area contributed by atoms with E-state index in [1.54, 1.807) is 12.2 Å². The Morgan fingerprint density at radius 3 is 2.93 bits per heavy atom. The second kappa shape index (κ2) is 12.3. The number of hydrogen-bond donors (Lipinski definition) is 2. The van der Waals surface area contributed by atoms with Crippen molar-refractivity contribution in [3.8, 4) is 0 Å². The van der Waals surface area contributed by atoms with Gasteiger partial charge in [-0.05, 0) is 66.7 Å². The third-order valence-electron chi connectivity index (χ3n) is 8.08. The number of carbonyl (C=O) groups is 1. The first-order valence-electron chi connectivity index (χ1n) is 14.5. The van der Waals surface area contributed by atoms with Crippen LogP contribution < -0.4 is 11.2 Å². The van der Waals surface area contributed by atoms with E-state index in [0.29, 0.717) is 26.0 Å². The molecule has 0 radical (unpaired) electrons. The highest BCUT2D eigenvalue weighted by Gasteiger charge is 2.29. The van der Waals surface area contributed by atoms with Crippen molar-refractivity contribution in [2.75, 3.05) is 26.8 Å². The van der Waals surface area contributed by atoms with Crippen molar-refractivity contribution in [3.63, 3.8) is 0 Å². The van der Waals surface area contributed by atoms with Gasteiger partial charge in [-0.3, -0.25) is 4.79 Å². The molecule has 3 aliphatic rings. The van der Waals surface area contributed by atoms with Crippen LogP contribution in [0.3, 0.4) is 0 Å². The van der Waals surface area contributed by atoms with E-state index in [1.807, 2.05) is 29.4 Å². The third-order valence-corrected chi connectivity index (χ3v) is 8.08. The number of nitrogens with zero attached hydrogens (tertiary/aromatic N) is 4. The standard InChI is InChI=1S/C32H38N6O3/c1-40-17-5-15-37-30-8-3-2-7-29(30)35-32(37)26-6-4-14-36(22-26)31(39)20-27(33)18-23-9-11-24(12-10-23)25-13-16-38-28(19-25)21-34-41-38/h2-3,7-13,16,19,21,26-27,34H,4-6,14-15,17-18,20,22,33H2,1H3/t26-,27-/m1/s1. The zero-order valence-electron chi connectivity index (χ0n) is 23.5. The molecule has 6 rings (SSSR count). The summed E-state index contributed by atoms with van der Waals surface area (Å²) in [4.78, 5) is 25.6. The first kappa shape index (κ1) is 27.3. The molecule has 2 aromatic carbocycles. The maximum atomic E-state index is 13.4. The number of aromatic nitrogens is 2. The van der Waals surface area contributed by atoms with E-state index in [4.69, 9.17) is 20.4 Å². The van der Waals surface area contributed by atoms with Crippen LogP contribution in [0.1, 0.15) is 48.6 Å². The normalized spacial score (nSPS) is 19.1. The van der Waals surface area contributed by atoms with Gasteiger partial charge in [-0.2, -0.15) is 4.94 Å². The number of imidazole rings is 1. The Morgan fingerprint density at radius 1 is 1.22 bits per heavy atom. The predicted molar refractivity (Wildman–Crippen MR) is 159 cm³/mol. The number of fused-ring (bicyclic) bond motifs is 2. The number of likely N-dealkylation sites (tertiary alicyclic amines) is 1. The van der Waals surface area contributed by atoms with Gasteiger partial charge in [0.2, 0.25) is 5.91 Å². The van der Waals surface area contributed by atoms with Crippen LogP contribution >= 0.6 is 0 Å². The lowest BCUT2D eigenvalue weighted by molar-refractivity contribution is -0.132. The van der Waals surface area contributed by atoms with Crippen LogP contribution in [0.2, 0.25) is 0 Å². The maximum absolute atomic E-state index is 13.4. The fraction of sp³-hybridized carbons (Fsp3) is 0.375. The summed E-state index contributed by atoms with van der Waals surface area (Å²) in [6.07, 6.45) is 11.7. The van der Waals surface area contributed by atoms with Gasteiger partial charge >= 0.3 is 0 Å². The monoisotopic (exact) mass is 554 g/mol. The smallest absolute Gasteiger partial charge is 0.224 e. The van der Waals surface area contributed by atoms with Crippen molar-refractivity contribution in [2.45, 2.75) is 50.6 Å². The number of methoxy groups -OCH3 is 1. The number of hydroxylamine groups is 3. The number of amides is 1. The Kier molecular flexibility index (Phi) is 8.18. The molecule has 0 unspecified atom stereocenters. The van der Waals surface area contributed by atoms with Crippen LogP contribution in [0.25, 0.3) is 16.6 Å². The van der Waals surface area contributed by atoms with Gasteiger partial charge in [-0.15, -0.1) is 0 Å². The van der Waals surface area contributed by atoms with Gasteiger partial charge in [0.1, 0.15) is 5.82 Å². The Balaban J connectivity index is 1.07. The molecule has 2 atom stereocenters. The van der Waals surface area contributed by atoms with Crippen molar-refractivity contribution < 1.29 is 14.5 Å². The summed E-state index contributed by atoms with van der Waals surface area (Å²) in [5, 5.41) is 1.68. The summed E-state index contributed by atoms with van der Waals surface area (Å²) in [5.74, 6) is 1.42. The van der Waals surface area contributed by atoms with Gasteiger partial charge < -0.3 is 19.9 Å². The Labute approximate surface area is 240 Å². The molecule has 0 saturated carbocycles. The van der Waals surface area contributed by atoms with E-state index in [9.17, 15) is 4.79 Å². The van der Waals surface area contributed by atoms with Gasteiger partial charge in [0.05, 0.1) is 22.9 Å². The molecule has 1 amide bonds. The van der Waals surface area contributed by atoms with Crippen molar-refractivity contribution in [1.29, 1.82) is 0 Å². The summed E-state index contributed by atoms with van der Waals surface area (Å²) in [7, 11) is 1.74. The van der Waals surface area contributed by atoms with Crippen molar-refractivity contribution >= 4 is 22.5 Å². The topological polar surface area (TPSA) is 97.9 Å². The highest BCUT2D eigenvalue weighted by Crippen LogP contribution is 2.30. The van der Waals surface area contributed by atoms with Crippen LogP contribution in [-0.2, 0) is 27.4 Å². The van der Waals surface area contributed by atoms with Crippen LogP contribution in [-0.4, -0.2) is 58.3 Å². The molecule has 4 heterocycles. The minimum absolute atomic E-state index is 0.128. The molecule has 1 aromatic heterocycles. The number of hydrogen-bond acceptors (Lipinski definition) is 7. The highest BCUT2D eigenvalue weighted by atomic mass is 16.8. The first-order chi connectivity index (χ1) is 20.1. The molecule has 3 aromatic rings. The number of rotatable bonds is 10. The minimum atomic E-state index is -0.235. The van der Waals surface area contributed by atoms with E-state index in [1.165, 1.54) is 0 Å². The average molecular weight is 555 g/mol. The largest absolute Gasteiger partial charge is 0.385 e. The first-order valence-corrected chi connectivity index (χ1v) is 14.5. The number of para-hydroxylation sites is 2. The van der Waals surface area contributed by atoms with E-state index >= 15 is 0 Å². The zero-order chi connectivity index (χ0) is 28.2. The molecule has 9 nitrogen and oxygen atoms in total. The maximum Gasteiger partial charge on any atom is 0.224 e. The number of ether oxygens (including phenoxy) is 1. The average Bonchev–Trinajstić information content (AvgIpc) is 3.62. The Bertz CT molecular complexity index is 1470. The molecule has 0 aliphatic carbocycles. The number of carbonyl (C=O) groups excluding carboxylic acids is 1. The molecule has 0 bridgehead atoms. The van der Waals surface area contributed by atoms with E-state index in [-0.39, 0.29) is 17.9 Å². The second-order valence-corrected chi connectivity index (χ2v) is 11.0. The molecule has 1 fully saturated rings. The van der Waals surface area contributed by atoms with Gasteiger partial charge in [0, 0.05) is 57.9 Å². The number of benzene rings is 2. The minimum Gasteiger partial charge on any atom is -0.385 e. The van der Waals surface area contributed by atoms with Gasteiger partial charge in [0.25, 0.3) is 0 Å². The molecule has 0 spiro atoms. The van der Waals surface area contributed by atoms with Crippen molar-refractivity contribution in [3.05, 3.63) is 95.7 Å². The lowest BCUT2D eigenvalue weighted by atomic mass is 9.95. The Hall–Kier alpha value is -3.92. The van der Waals surface area contributed by atoms with Crippen molar-refractivity contribution in [1.82, 2.24) is 25.0 Å². The molecular weight excluding hydrogens is 516 g/mol. The quantitative estimate of drug-likeness (QED) is 0.362. The van der Waals surface area contributed by atoms with Gasteiger partial charge in [-0.25, -0.2) is 15.5 Å². The van der Waals surface area contributed by atoms with E-state index in [2.05, 4.69) is 58.6 Å². The summed E-state index contributed by atoms with van der Waals surface area (Å²) in [6, 6.07) is 16.5. The van der Waals surface area contributed by atoms with E-state index in [0.717, 1.165) is 71.6 Å². The summed E-state index contributed by atoms with van der Waals surface area (Å²) in [6.45, 7) is 3.02. The van der Waals surface area contributed by atoms with Crippen LogP contribution in [0.4, 0.5) is 0 Å². The highest BCUT2D eigenvalue weighted by molar-refractivity contribution is 5.78. The number of aryl methyl sites for hydroxylation is 1. The molecule has 41 heavy (non-hydrogen) atoms. The fourth-order valence-electron chi connectivity index (χ4n) is 6.00. The second-order valence-electron chi connectivity index (χ2n) is 11.0. The lowest BCUT2D eigenvalue weighted by Gasteiger charge is -2.33. The number of nitrogens with two attached hydrogens (primary N) is 1. The summed E-state index contributed by atoms with van der Waals surface area (Å²) < 4.78 is 7.63. The third kappa shape index (κ3) is 6.07. The molecule has 3 aliphatic heterocycles. The number of nitrogens with one attached hydrogen (secondary N) is 1. The molecule has 9 heteroatoms. The summed E-state index contributed by atoms with van der Waals surface area (Å²) in [5.41, 5.74) is 15.7. The van der Waals surface area contributed by atoms with Crippen LogP contribution in [0.5, 0.6) is 0 Å². The molecule has 1 saturated heterocycles. The van der Waals surface area contributed by atoms with E-state index < -0.39 is 0 Å². The van der Waals surface area contributed by atoms with Gasteiger partial charge in [-0.1, -0.05) is 36.4 Å². The van der Waals surface area contributed by atoms with Crippen LogP contribution in [0, 0.1) is 0 Å². The zero-order valence-corrected chi connectivity index (χ0v) is 23.5. The molecule has 214 valence electrons.